The highest BCUT2D eigenvalue weighted by Gasteiger charge is 2.35. The standard InChI is InChI=1S/C16H20BrN3O2/c1-20-10-12(11-5-3-2-4-6-11)7-14(20)16(21)18-9-13-8-15(17)19-22-13/h2-6,12-14H,7-10H2,1H3,(H,18,21)/t12?,13-,14?/m0/s1. The number of hydrogen-bond acceptors (Lipinski definition) is 4. The molecule has 1 saturated heterocycles. The molecule has 118 valence electrons. The molecule has 1 fully saturated rings. The van der Waals surface area contributed by atoms with E-state index in [-0.39, 0.29) is 18.1 Å². The minimum Gasteiger partial charge on any atom is -0.390 e. The molecule has 1 amide bonds. The van der Waals surface area contributed by atoms with E-state index in [1.165, 1.54) is 5.56 Å². The lowest BCUT2D eigenvalue weighted by molar-refractivity contribution is -0.125. The highest BCUT2D eigenvalue weighted by Crippen LogP contribution is 2.30. The lowest BCUT2D eigenvalue weighted by Gasteiger charge is -2.19. The Morgan fingerprint density at radius 1 is 1.45 bits per heavy atom. The number of amides is 1. The van der Waals surface area contributed by atoms with Gasteiger partial charge in [-0.15, -0.1) is 0 Å². The first-order valence-electron chi connectivity index (χ1n) is 7.54. The van der Waals surface area contributed by atoms with Gasteiger partial charge in [0.25, 0.3) is 0 Å². The molecule has 22 heavy (non-hydrogen) atoms. The van der Waals surface area contributed by atoms with Gasteiger partial charge in [0, 0.05) is 13.0 Å². The second-order valence-electron chi connectivity index (χ2n) is 5.94. The molecule has 0 aromatic heterocycles. The van der Waals surface area contributed by atoms with E-state index >= 15 is 0 Å². The van der Waals surface area contributed by atoms with Crippen LogP contribution in [0.1, 0.15) is 24.3 Å². The molecule has 2 aliphatic rings. The maximum atomic E-state index is 12.4. The normalized spacial score (nSPS) is 28.3. The molecule has 0 bridgehead atoms. The zero-order valence-corrected chi connectivity index (χ0v) is 14.1. The third-order valence-electron chi connectivity index (χ3n) is 4.32. The number of carbonyl (C=O) groups is 1. The van der Waals surface area contributed by atoms with Gasteiger partial charge in [0.15, 0.2) is 6.10 Å². The van der Waals surface area contributed by atoms with Crippen molar-refractivity contribution < 1.29 is 9.63 Å². The van der Waals surface area contributed by atoms with Gasteiger partial charge in [-0.05, 0) is 40.9 Å². The van der Waals surface area contributed by atoms with E-state index < -0.39 is 0 Å². The highest BCUT2D eigenvalue weighted by molar-refractivity contribution is 9.18. The van der Waals surface area contributed by atoms with Gasteiger partial charge >= 0.3 is 0 Å². The Labute approximate surface area is 138 Å². The molecular formula is C16H20BrN3O2. The summed E-state index contributed by atoms with van der Waals surface area (Å²) >= 11 is 3.30. The van der Waals surface area contributed by atoms with Crippen molar-refractivity contribution in [3.8, 4) is 0 Å². The third-order valence-corrected chi connectivity index (χ3v) is 4.79. The van der Waals surface area contributed by atoms with Gasteiger partial charge < -0.3 is 10.2 Å². The molecule has 0 saturated carbocycles. The number of hydrogen-bond donors (Lipinski definition) is 1. The molecule has 5 nitrogen and oxygen atoms in total. The molecule has 2 aliphatic heterocycles. The maximum absolute atomic E-state index is 12.4. The number of likely N-dealkylation sites (N-methyl/N-ethyl adjacent to an activating group) is 1. The first kappa shape index (κ1) is 15.5. The zero-order valence-electron chi connectivity index (χ0n) is 12.5. The summed E-state index contributed by atoms with van der Waals surface area (Å²) < 4.78 is 0.800. The van der Waals surface area contributed by atoms with Crippen LogP contribution in [-0.4, -0.2) is 47.7 Å². The smallest absolute Gasteiger partial charge is 0.237 e. The Hall–Kier alpha value is -1.40. The Morgan fingerprint density at radius 2 is 2.23 bits per heavy atom. The number of nitrogens with one attached hydrogen (secondary N) is 1. The quantitative estimate of drug-likeness (QED) is 0.888. The van der Waals surface area contributed by atoms with Crippen molar-refractivity contribution in [1.82, 2.24) is 10.2 Å². The Kier molecular flexibility index (Phi) is 4.78. The van der Waals surface area contributed by atoms with Crippen LogP contribution in [0.3, 0.4) is 0 Å². The van der Waals surface area contributed by atoms with Gasteiger partial charge in [0.05, 0.1) is 12.6 Å². The molecule has 3 atom stereocenters. The highest BCUT2D eigenvalue weighted by atomic mass is 79.9. The lowest BCUT2D eigenvalue weighted by Crippen LogP contribution is -2.43. The number of oxime groups is 1. The van der Waals surface area contributed by atoms with Crippen molar-refractivity contribution in [3.05, 3.63) is 35.9 Å². The van der Waals surface area contributed by atoms with E-state index in [4.69, 9.17) is 4.84 Å². The van der Waals surface area contributed by atoms with E-state index in [2.05, 4.69) is 55.6 Å². The summed E-state index contributed by atoms with van der Waals surface area (Å²) in [5.41, 5.74) is 1.31. The molecule has 2 unspecified atom stereocenters. The van der Waals surface area contributed by atoms with E-state index in [0.29, 0.717) is 18.9 Å². The number of benzene rings is 1. The molecule has 1 aromatic rings. The number of carbonyl (C=O) groups excluding carboxylic acids is 1. The van der Waals surface area contributed by atoms with Crippen LogP contribution in [0.5, 0.6) is 0 Å². The van der Waals surface area contributed by atoms with Crippen LogP contribution in [0.2, 0.25) is 0 Å². The summed E-state index contributed by atoms with van der Waals surface area (Å²) in [6.45, 7) is 1.41. The molecule has 2 heterocycles. The van der Waals surface area contributed by atoms with E-state index in [1.807, 2.05) is 13.1 Å². The Morgan fingerprint density at radius 3 is 2.91 bits per heavy atom. The summed E-state index contributed by atoms with van der Waals surface area (Å²) in [6.07, 6.45) is 1.51. The first-order chi connectivity index (χ1) is 10.6. The molecular weight excluding hydrogens is 346 g/mol. The van der Waals surface area contributed by atoms with Crippen molar-refractivity contribution in [3.63, 3.8) is 0 Å². The summed E-state index contributed by atoms with van der Waals surface area (Å²) in [7, 11) is 2.01. The van der Waals surface area contributed by atoms with Gasteiger partial charge in [-0.25, -0.2) is 0 Å². The molecule has 0 spiro atoms. The van der Waals surface area contributed by atoms with Crippen molar-refractivity contribution >= 4 is 26.5 Å². The maximum Gasteiger partial charge on any atom is 0.237 e. The molecule has 1 aromatic carbocycles. The predicted molar refractivity (Wildman–Crippen MR) is 89.1 cm³/mol. The summed E-state index contributed by atoms with van der Waals surface area (Å²) in [6, 6.07) is 10.3. The van der Waals surface area contributed by atoms with Gasteiger partial charge in [-0.3, -0.25) is 9.69 Å². The largest absolute Gasteiger partial charge is 0.390 e. The van der Waals surface area contributed by atoms with Crippen LogP contribution in [0.25, 0.3) is 0 Å². The number of nitrogens with zero attached hydrogens (tertiary/aromatic N) is 2. The minimum absolute atomic E-state index is 0.0602. The van der Waals surface area contributed by atoms with Crippen molar-refractivity contribution in [2.75, 3.05) is 20.1 Å². The fourth-order valence-corrected chi connectivity index (χ4v) is 3.55. The molecule has 6 heteroatoms. The first-order valence-corrected chi connectivity index (χ1v) is 8.34. The number of halogens is 1. The lowest BCUT2D eigenvalue weighted by atomic mass is 9.96. The Bertz CT molecular complexity index is 564. The SMILES string of the molecule is CN1CC(c2ccccc2)CC1C(=O)NC[C@@H]1CC(Br)=NO1. The van der Waals surface area contributed by atoms with Crippen LogP contribution < -0.4 is 5.32 Å². The average Bonchev–Trinajstić information content (AvgIpc) is 3.12. The number of rotatable bonds is 4. The number of likely N-dealkylation sites (tertiary alicyclic amines) is 1. The molecule has 1 N–H and O–H groups in total. The fraction of sp³-hybridized carbons (Fsp3) is 0.500. The van der Waals surface area contributed by atoms with E-state index in [0.717, 1.165) is 17.6 Å². The van der Waals surface area contributed by atoms with Crippen molar-refractivity contribution in [1.29, 1.82) is 0 Å². The monoisotopic (exact) mass is 365 g/mol. The summed E-state index contributed by atoms with van der Waals surface area (Å²) in [4.78, 5) is 19.8. The average molecular weight is 366 g/mol. The Balaban J connectivity index is 1.52. The topological polar surface area (TPSA) is 53.9 Å². The molecule has 0 radical (unpaired) electrons. The van der Waals surface area contributed by atoms with Crippen LogP contribution in [0.4, 0.5) is 0 Å². The van der Waals surface area contributed by atoms with E-state index in [9.17, 15) is 4.79 Å². The summed E-state index contributed by atoms with van der Waals surface area (Å²) in [5, 5.41) is 6.82. The van der Waals surface area contributed by atoms with Crippen LogP contribution in [0.15, 0.2) is 35.5 Å². The fourth-order valence-electron chi connectivity index (χ4n) is 3.11. The predicted octanol–water partition coefficient (Wildman–Crippen LogP) is 2.09. The molecule has 0 aliphatic carbocycles. The third kappa shape index (κ3) is 3.50. The van der Waals surface area contributed by atoms with Crippen molar-refractivity contribution in [2.45, 2.75) is 30.9 Å². The van der Waals surface area contributed by atoms with Gasteiger partial charge in [-0.2, -0.15) is 0 Å². The second-order valence-corrected chi connectivity index (χ2v) is 6.86. The van der Waals surface area contributed by atoms with Gasteiger partial charge in [0.1, 0.15) is 4.62 Å². The van der Waals surface area contributed by atoms with E-state index in [1.54, 1.807) is 0 Å². The van der Waals surface area contributed by atoms with Gasteiger partial charge in [-0.1, -0.05) is 35.5 Å². The summed E-state index contributed by atoms with van der Waals surface area (Å²) in [5.74, 6) is 0.495. The van der Waals surface area contributed by atoms with Crippen LogP contribution in [0, 0.1) is 0 Å². The molecule has 3 rings (SSSR count). The minimum atomic E-state index is -0.0732. The second kappa shape index (κ2) is 6.79. The van der Waals surface area contributed by atoms with Crippen LogP contribution >= 0.6 is 15.9 Å². The van der Waals surface area contributed by atoms with Crippen molar-refractivity contribution in [2.24, 2.45) is 5.16 Å². The van der Waals surface area contributed by atoms with Gasteiger partial charge in [0.2, 0.25) is 5.91 Å². The van der Waals surface area contributed by atoms with Crippen LogP contribution in [-0.2, 0) is 9.63 Å². The zero-order chi connectivity index (χ0) is 15.5.